The van der Waals surface area contributed by atoms with Gasteiger partial charge in [0.05, 0.1) is 39.6 Å². The van der Waals surface area contributed by atoms with E-state index in [1.807, 2.05) is 6.92 Å². The highest BCUT2D eigenvalue weighted by Gasteiger charge is 2.18. The Balaban J connectivity index is 3.50. The van der Waals surface area contributed by atoms with Crippen molar-refractivity contribution >= 4 is 29.7 Å². The van der Waals surface area contributed by atoms with Crippen LogP contribution in [0.15, 0.2) is 0 Å². The summed E-state index contributed by atoms with van der Waals surface area (Å²) in [7, 11) is 0. The fourth-order valence-corrected chi connectivity index (χ4v) is 2.74. The van der Waals surface area contributed by atoms with E-state index in [2.05, 4.69) is 16.0 Å². The summed E-state index contributed by atoms with van der Waals surface area (Å²) in [6.07, 6.45) is 2.29. The van der Waals surface area contributed by atoms with Crippen molar-refractivity contribution in [3.8, 4) is 0 Å². The third-order valence-electron chi connectivity index (χ3n) is 4.62. The second-order valence-corrected chi connectivity index (χ2v) is 7.88. The highest BCUT2D eigenvalue weighted by atomic mass is 16.5. The number of carboxylic acid groups (broad SMARTS) is 2. The van der Waals surface area contributed by atoms with E-state index in [4.69, 9.17) is 29.2 Å². The molecule has 0 spiro atoms. The van der Waals surface area contributed by atoms with E-state index in [1.54, 1.807) is 0 Å². The van der Waals surface area contributed by atoms with Gasteiger partial charge in [0.2, 0.25) is 17.7 Å². The number of carbonyl (C=O) groups excluding carboxylic acids is 3. The Morgan fingerprint density at radius 1 is 0.676 bits per heavy atom. The van der Waals surface area contributed by atoms with E-state index < -0.39 is 23.9 Å². The van der Waals surface area contributed by atoms with Crippen molar-refractivity contribution in [3.05, 3.63) is 0 Å². The van der Waals surface area contributed by atoms with Crippen LogP contribution in [0.25, 0.3) is 0 Å². The number of amides is 3. The molecule has 0 aromatic rings. The number of hydrogen-bond acceptors (Lipinski definition) is 9. The first-order valence-electron chi connectivity index (χ1n) is 12.3. The van der Waals surface area contributed by atoms with Crippen molar-refractivity contribution in [2.24, 2.45) is 0 Å². The smallest absolute Gasteiger partial charge is 0.326 e. The van der Waals surface area contributed by atoms with Gasteiger partial charge in [-0.25, -0.2) is 4.79 Å². The van der Waals surface area contributed by atoms with Crippen LogP contribution in [0.2, 0.25) is 0 Å². The number of rotatable bonds is 25. The van der Waals surface area contributed by atoms with Crippen LogP contribution in [0, 0.1) is 0 Å². The molecule has 1 atom stereocenters. The first-order chi connectivity index (χ1) is 17.8. The predicted molar refractivity (Wildman–Crippen MR) is 130 cm³/mol. The van der Waals surface area contributed by atoms with Gasteiger partial charge in [0.1, 0.15) is 19.3 Å². The average molecular weight is 536 g/mol. The van der Waals surface area contributed by atoms with Crippen LogP contribution >= 0.6 is 0 Å². The third kappa shape index (κ3) is 23.3. The maximum Gasteiger partial charge on any atom is 0.326 e. The molecule has 3 amide bonds. The molecule has 0 aliphatic carbocycles. The molecule has 0 rings (SSSR count). The van der Waals surface area contributed by atoms with Crippen LogP contribution in [0.3, 0.4) is 0 Å². The molecule has 1 unspecified atom stereocenters. The van der Waals surface area contributed by atoms with Crippen LogP contribution in [-0.4, -0.2) is 112 Å². The summed E-state index contributed by atoms with van der Waals surface area (Å²) < 4.78 is 20.9. The number of ether oxygens (including phenoxy) is 4. The van der Waals surface area contributed by atoms with Crippen LogP contribution in [0.5, 0.6) is 0 Å². The zero-order valence-electron chi connectivity index (χ0n) is 21.5. The van der Waals surface area contributed by atoms with Gasteiger partial charge in [-0.15, -0.1) is 0 Å². The van der Waals surface area contributed by atoms with E-state index in [0.29, 0.717) is 19.4 Å². The van der Waals surface area contributed by atoms with Crippen LogP contribution < -0.4 is 16.0 Å². The molecule has 0 saturated carbocycles. The summed E-state index contributed by atoms with van der Waals surface area (Å²) >= 11 is 0. The van der Waals surface area contributed by atoms with Crippen molar-refractivity contribution in [2.45, 2.75) is 51.5 Å². The molecule has 0 aromatic heterocycles. The topological polar surface area (TPSA) is 199 Å². The lowest BCUT2D eigenvalue weighted by Gasteiger charge is -2.14. The molecule has 0 aliphatic heterocycles. The summed E-state index contributed by atoms with van der Waals surface area (Å²) in [5.74, 6) is -3.06. The van der Waals surface area contributed by atoms with Gasteiger partial charge in [-0.3, -0.25) is 19.2 Å². The number of nitrogens with one attached hydrogen (secondary N) is 3. The van der Waals surface area contributed by atoms with Gasteiger partial charge >= 0.3 is 11.9 Å². The fraction of sp³-hybridized carbons (Fsp3) is 0.783. The number of unbranched alkanes of at least 4 members (excludes halogenated alkanes) is 1. The molecule has 0 aliphatic rings. The number of hydrogen-bond donors (Lipinski definition) is 5. The molecule has 14 nitrogen and oxygen atoms in total. The summed E-state index contributed by atoms with van der Waals surface area (Å²) in [6.45, 7) is 3.41. The molecular formula is C23H41N3O11. The summed E-state index contributed by atoms with van der Waals surface area (Å²) in [5.41, 5.74) is 0. The summed E-state index contributed by atoms with van der Waals surface area (Å²) in [6, 6.07) is -0.921. The average Bonchev–Trinajstić information content (AvgIpc) is 2.84. The van der Waals surface area contributed by atoms with Crippen LogP contribution in [0.4, 0.5) is 0 Å². The molecule has 0 heterocycles. The largest absolute Gasteiger partial charge is 0.481 e. The zero-order chi connectivity index (χ0) is 27.7. The molecule has 5 N–H and O–H groups in total. The summed E-state index contributed by atoms with van der Waals surface area (Å²) in [4.78, 5) is 56.3. The van der Waals surface area contributed by atoms with Crippen molar-refractivity contribution in [3.63, 3.8) is 0 Å². The van der Waals surface area contributed by atoms with Gasteiger partial charge in [-0.1, -0.05) is 19.8 Å². The normalized spacial score (nSPS) is 11.5. The predicted octanol–water partition coefficient (Wildman–Crippen LogP) is -0.700. The van der Waals surface area contributed by atoms with E-state index in [1.165, 1.54) is 0 Å². The molecule has 0 bridgehead atoms. The minimum absolute atomic E-state index is 0.0451. The van der Waals surface area contributed by atoms with Crippen molar-refractivity contribution in [1.82, 2.24) is 16.0 Å². The Bertz CT molecular complexity index is 676. The minimum atomic E-state index is -1.07. The van der Waals surface area contributed by atoms with Gasteiger partial charge < -0.3 is 45.1 Å². The van der Waals surface area contributed by atoms with Crippen molar-refractivity contribution < 1.29 is 53.1 Å². The highest BCUT2D eigenvalue weighted by Crippen LogP contribution is 2.01. The SMILES string of the molecule is CCCCC(NC(=O)COCCOCCNC(=O)COCCOCCNC(=O)CCCC(=O)O)C(=O)O. The number of carboxylic acids is 2. The van der Waals surface area contributed by atoms with Gasteiger partial charge in [-0.2, -0.15) is 0 Å². The van der Waals surface area contributed by atoms with E-state index in [-0.39, 0.29) is 90.5 Å². The molecule has 0 aromatic carbocycles. The van der Waals surface area contributed by atoms with Gasteiger partial charge in [0, 0.05) is 25.9 Å². The lowest BCUT2D eigenvalue weighted by Crippen LogP contribution is -2.42. The maximum atomic E-state index is 11.7. The van der Waals surface area contributed by atoms with Gasteiger partial charge in [-0.05, 0) is 12.8 Å². The van der Waals surface area contributed by atoms with E-state index >= 15 is 0 Å². The van der Waals surface area contributed by atoms with Crippen molar-refractivity contribution in [2.75, 3.05) is 65.9 Å². The number of aliphatic carboxylic acids is 2. The second kappa shape index (κ2) is 23.6. The van der Waals surface area contributed by atoms with Crippen molar-refractivity contribution in [1.29, 1.82) is 0 Å². The lowest BCUT2D eigenvalue weighted by molar-refractivity contribution is -0.143. The zero-order valence-corrected chi connectivity index (χ0v) is 21.5. The number of carbonyl (C=O) groups is 5. The Morgan fingerprint density at radius 3 is 1.76 bits per heavy atom. The molecular weight excluding hydrogens is 494 g/mol. The monoisotopic (exact) mass is 535 g/mol. The Kier molecular flexibility index (Phi) is 21.8. The Morgan fingerprint density at radius 2 is 1.22 bits per heavy atom. The van der Waals surface area contributed by atoms with Gasteiger partial charge in [0.25, 0.3) is 0 Å². The Hall–Kier alpha value is -2.81. The lowest BCUT2D eigenvalue weighted by atomic mass is 10.1. The molecule has 214 valence electrons. The molecule has 0 radical (unpaired) electrons. The Labute approximate surface area is 216 Å². The third-order valence-corrected chi connectivity index (χ3v) is 4.62. The van der Waals surface area contributed by atoms with Crippen LogP contribution in [0.1, 0.15) is 45.4 Å². The fourth-order valence-electron chi connectivity index (χ4n) is 2.74. The minimum Gasteiger partial charge on any atom is -0.481 e. The summed E-state index contributed by atoms with van der Waals surface area (Å²) in [5, 5.41) is 25.2. The highest BCUT2D eigenvalue weighted by molar-refractivity contribution is 5.84. The standard InChI is InChI=1S/C23H41N3O11/c1-2-3-5-18(23(32)33)26-21(29)17-37-15-13-35-11-9-25-20(28)16-36-14-12-34-10-8-24-19(27)6-4-7-22(30)31/h18H,2-17H2,1H3,(H,24,27)(H,25,28)(H,26,29)(H,30,31)(H,32,33). The molecule has 0 saturated heterocycles. The maximum absolute atomic E-state index is 11.7. The van der Waals surface area contributed by atoms with E-state index in [9.17, 15) is 24.0 Å². The quantitative estimate of drug-likeness (QED) is 0.0926. The first-order valence-corrected chi connectivity index (χ1v) is 12.3. The van der Waals surface area contributed by atoms with Gasteiger partial charge in [0.15, 0.2) is 0 Å². The molecule has 14 heteroatoms. The molecule has 37 heavy (non-hydrogen) atoms. The first kappa shape index (κ1) is 34.2. The molecule has 0 fully saturated rings. The second-order valence-electron chi connectivity index (χ2n) is 7.88. The van der Waals surface area contributed by atoms with E-state index in [0.717, 1.165) is 6.42 Å². The van der Waals surface area contributed by atoms with Crippen LogP contribution in [-0.2, 0) is 42.9 Å².